The van der Waals surface area contributed by atoms with Crippen molar-refractivity contribution in [2.45, 2.75) is 59.7 Å². The number of benzene rings is 1. The predicted octanol–water partition coefficient (Wildman–Crippen LogP) is 4.91. The molecule has 5 nitrogen and oxygen atoms in total. The van der Waals surface area contributed by atoms with Crippen molar-refractivity contribution < 1.29 is 14.3 Å². The molecule has 0 saturated heterocycles. The van der Waals surface area contributed by atoms with Gasteiger partial charge in [-0.3, -0.25) is 9.59 Å². The van der Waals surface area contributed by atoms with Crippen molar-refractivity contribution in [1.29, 1.82) is 0 Å². The standard InChI is InChI=1S/C23H31ClN2O3/c1-5-29-23(28)12-11-22(27)26(18(4)17(2)3)16-21-10-7-13-25(21)15-19-8-6-9-20(24)14-19/h6-10,13-14,17-18H,5,11-12,15-16H2,1-4H3. The Morgan fingerprint density at radius 1 is 1.14 bits per heavy atom. The van der Waals surface area contributed by atoms with Crippen LogP contribution in [-0.2, 0) is 27.4 Å². The summed E-state index contributed by atoms with van der Waals surface area (Å²) in [6.07, 6.45) is 2.28. The van der Waals surface area contributed by atoms with E-state index in [-0.39, 0.29) is 30.8 Å². The van der Waals surface area contributed by atoms with Crippen LogP contribution in [0.15, 0.2) is 42.6 Å². The van der Waals surface area contributed by atoms with E-state index in [1.807, 2.05) is 47.5 Å². The Hall–Kier alpha value is -2.27. The molecule has 29 heavy (non-hydrogen) atoms. The van der Waals surface area contributed by atoms with Gasteiger partial charge in [-0.2, -0.15) is 0 Å². The van der Waals surface area contributed by atoms with Gasteiger partial charge < -0.3 is 14.2 Å². The Labute approximate surface area is 178 Å². The van der Waals surface area contributed by atoms with Crippen molar-refractivity contribution in [2.24, 2.45) is 5.92 Å². The number of rotatable bonds is 10. The minimum Gasteiger partial charge on any atom is -0.466 e. The second-order valence-corrected chi connectivity index (χ2v) is 8.01. The molecule has 0 aliphatic rings. The van der Waals surface area contributed by atoms with Gasteiger partial charge in [0.2, 0.25) is 5.91 Å². The molecular weight excluding hydrogens is 388 g/mol. The number of carbonyl (C=O) groups is 2. The van der Waals surface area contributed by atoms with E-state index < -0.39 is 0 Å². The third-order valence-corrected chi connectivity index (χ3v) is 5.36. The molecule has 1 atom stereocenters. The molecule has 0 bridgehead atoms. The molecule has 1 amide bonds. The van der Waals surface area contributed by atoms with Crippen molar-refractivity contribution in [3.8, 4) is 0 Å². The molecule has 2 aromatic rings. The van der Waals surface area contributed by atoms with E-state index in [0.29, 0.717) is 30.6 Å². The maximum Gasteiger partial charge on any atom is 0.306 e. The molecule has 1 heterocycles. The van der Waals surface area contributed by atoms with Gasteiger partial charge in [0, 0.05) is 35.9 Å². The van der Waals surface area contributed by atoms with Crippen LogP contribution in [0.5, 0.6) is 0 Å². The van der Waals surface area contributed by atoms with Gasteiger partial charge in [-0.05, 0) is 49.6 Å². The van der Waals surface area contributed by atoms with Gasteiger partial charge in [-0.15, -0.1) is 0 Å². The molecule has 158 valence electrons. The van der Waals surface area contributed by atoms with E-state index in [4.69, 9.17) is 16.3 Å². The Balaban J connectivity index is 2.14. The summed E-state index contributed by atoms with van der Waals surface area (Å²) in [5.74, 6) is -0.0602. The van der Waals surface area contributed by atoms with E-state index in [0.717, 1.165) is 11.3 Å². The number of aromatic nitrogens is 1. The maximum absolute atomic E-state index is 12.9. The van der Waals surface area contributed by atoms with Crippen LogP contribution in [0.3, 0.4) is 0 Å². The van der Waals surface area contributed by atoms with E-state index in [1.54, 1.807) is 6.92 Å². The van der Waals surface area contributed by atoms with E-state index in [2.05, 4.69) is 25.3 Å². The first-order valence-electron chi connectivity index (χ1n) is 10.1. The molecule has 1 aromatic carbocycles. The van der Waals surface area contributed by atoms with Crippen molar-refractivity contribution >= 4 is 23.5 Å². The van der Waals surface area contributed by atoms with Crippen LogP contribution in [-0.4, -0.2) is 34.0 Å². The van der Waals surface area contributed by atoms with Crippen LogP contribution in [0, 0.1) is 5.92 Å². The van der Waals surface area contributed by atoms with Gasteiger partial charge in [0.15, 0.2) is 0 Å². The summed E-state index contributed by atoms with van der Waals surface area (Å²) in [5.41, 5.74) is 2.15. The lowest BCUT2D eigenvalue weighted by Gasteiger charge is -2.32. The second-order valence-electron chi connectivity index (χ2n) is 7.57. The van der Waals surface area contributed by atoms with Crippen molar-refractivity contribution in [2.75, 3.05) is 6.61 Å². The minimum absolute atomic E-state index is 0.0326. The van der Waals surface area contributed by atoms with E-state index in [9.17, 15) is 9.59 Å². The Morgan fingerprint density at radius 3 is 2.55 bits per heavy atom. The van der Waals surface area contributed by atoms with Crippen LogP contribution >= 0.6 is 11.6 Å². The number of amides is 1. The zero-order valence-corrected chi connectivity index (χ0v) is 18.5. The van der Waals surface area contributed by atoms with E-state index in [1.165, 1.54) is 0 Å². The number of hydrogen-bond acceptors (Lipinski definition) is 3. The predicted molar refractivity (Wildman–Crippen MR) is 116 cm³/mol. The Bertz CT molecular complexity index is 816. The third-order valence-electron chi connectivity index (χ3n) is 5.12. The smallest absolute Gasteiger partial charge is 0.306 e. The molecule has 0 radical (unpaired) electrons. The van der Waals surface area contributed by atoms with Crippen LogP contribution in [0.1, 0.15) is 51.8 Å². The number of halogens is 1. The summed E-state index contributed by atoms with van der Waals surface area (Å²) in [6, 6.07) is 11.9. The minimum atomic E-state index is -0.331. The number of carbonyl (C=O) groups excluding carboxylic acids is 2. The summed E-state index contributed by atoms with van der Waals surface area (Å²) >= 11 is 6.11. The number of nitrogens with zero attached hydrogens (tertiary/aromatic N) is 2. The second kappa shape index (κ2) is 11.1. The lowest BCUT2D eigenvalue weighted by Crippen LogP contribution is -2.41. The fourth-order valence-corrected chi connectivity index (χ4v) is 3.37. The number of hydrogen-bond donors (Lipinski definition) is 0. The first-order valence-corrected chi connectivity index (χ1v) is 10.5. The van der Waals surface area contributed by atoms with Crippen LogP contribution in [0.25, 0.3) is 0 Å². The molecule has 0 saturated carbocycles. The average molecular weight is 419 g/mol. The first-order chi connectivity index (χ1) is 13.8. The molecule has 2 rings (SSSR count). The maximum atomic E-state index is 12.9. The summed E-state index contributed by atoms with van der Waals surface area (Å²) in [6.45, 7) is 9.52. The van der Waals surface area contributed by atoms with Crippen LogP contribution in [0.2, 0.25) is 5.02 Å². The Morgan fingerprint density at radius 2 is 1.90 bits per heavy atom. The van der Waals surface area contributed by atoms with Gasteiger partial charge in [0.05, 0.1) is 19.6 Å². The molecule has 1 aromatic heterocycles. The van der Waals surface area contributed by atoms with Crippen molar-refractivity contribution in [3.63, 3.8) is 0 Å². The number of ether oxygens (including phenoxy) is 1. The highest BCUT2D eigenvalue weighted by atomic mass is 35.5. The highest BCUT2D eigenvalue weighted by Gasteiger charge is 2.24. The van der Waals surface area contributed by atoms with Crippen LogP contribution < -0.4 is 0 Å². The van der Waals surface area contributed by atoms with Crippen LogP contribution in [0.4, 0.5) is 0 Å². The lowest BCUT2D eigenvalue weighted by atomic mass is 10.0. The zero-order valence-electron chi connectivity index (χ0n) is 17.7. The highest BCUT2D eigenvalue weighted by molar-refractivity contribution is 6.30. The van der Waals surface area contributed by atoms with Gasteiger partial charge in [0.1, 0.15) is 0 Å². The molecule has 6 heteroatoms. The summed E-state index contributed by atoms with van der Waals surface area (Å²) < 4.78 is 7.09. The number of esters is 1. The normalized spacial score (nSPS) is 12.1. The SMILES string of the molecule is CCOC(=O)CCC(=O)N(Cc1cccn1Cc1cccc(Cl)c1)C(C)C(C)C. The van der Waals surface area contributed by atoms with Crippen molar-refractivity contribution in [3.05, 3.63) is 58.9 Å². The molecular formula is C23H31ClN2O3. The molecule has 0 fully saturated rings. The fourth-order valence-electron chi connectivity index (χ4n) is 3.16. The summed E-state index contributed by atoms with van der Waals surface area (Å²) in [7, 11) is 0. The topological polar surface area (TPSA) is 51.5 Å². The largest absolute Gasteiger partial charge is 0.466 e. The first kappa shape index (κ1) is 23.0. The summed E-state index contributed by atoms with van der Waals surface area (Å²) in [4.78, 5) is 26.5. The highest BCUT2D eigenvalue weighted by Crippen LogP contribution is 2.19. The molecule has 0 aliphatic carbocycles. The van der Waals surface area contributed by atoms with Crippen molar-refractivity contribution in [1.82, 2.24) is 9.47 Å². The van der Waals surface area contributed by atoms with Gasteiger partial charge >= 0.3 is 5.97 Å². The monoisotopic (exact) mass is 418 g/mol. The third kappa shape index (κ3) is 6.93. The van der Waals surface area contributed by atoms with Gasteiger partial charge in [-0.25, -0.2) is 0 Å². The lowest BCUT2D eigenvalue weighted by molar-refractivity contribution is -0.146. The molecule has 1 unspecified atom stereocenters. The van der Waals surface area contributed by atoms with Gasteiger partial charge in [0.25, 0.3) is 0 Å². The van der Waals surface area contributed by atoms with E-state index >= 15 is 0 Å². The molecule has 0 spiro atoms. The molecule has 0 N–H and O–H groups in total. The Kier molecular flexibility index (Phi) is 8.77. The molecule has 0 aliphatic heterocycles. The fraction of sp³-hybridized carbons (Fsp3) is 0.478. The average Bonchev–Trinajstić information content (AvgIpc) is 3.10. The zero-order chi connectivity index (χ0) is 21.4. The van der Waals surface area contributed by atoms with Gasteiger partial charge in [-0.1, -0.05) is 37.6 Å². The quantitative estimate of drug-likeness (QED) is 0.515. The summed E-state index contributed by atoms with van der Waals surface area (Å²) in [5, 5.41) is 0.709.